The van der Waals surface area contributed by atoms with Crippen LogP contribution in [0, 0.1) is 0 Å². The molecule has 0 aliphatic rings. The van der Waals surface area contributed by atoms with Gasteiger partial charge in [-0.25, -0.2) is 0 Å². The molecule has 5 heteroatoms. The van der Waals surface area contributed by atoms with Crippen molar-refractivity contribution >= 4 is 19.4 Å². The Morgan fingerprint density at radius 2 is 1.60 bits per heavy atom. The number of phenolic OH excluding ortho intramolecular Hbond substituents is 1. The van der Waals surface area contributed by atoms with Crippen LogP contribution in [0.4, 0.5) is 0 Å². The molecule has 0 aromatic heterocycles. The zero-order valence-electron chi connectivity index (χ0n) is 12.6. The maximum Gasteiger partial charge on any atom is 0.240 e. The molecule has 0 unspecified atom stereocenters. The maximum absolute atomic E-state index is 12.3. The number of hydrogen-bond donors (Lipinski definition) is 2. The fourth-order valence-electron chi connectivity index (χ4n) is 2.27. The van der Waals surface area contributed by atoms with Gasteiger partial charge in [-0.3, -0.25) is 4.79 Å². The Morgan fingerprint density at radius 1 is 1.15 bits per heavy atom. The van der Waals surface area contributed by atoms with Gasteiger partial charge in [0, 0.05) is 12.1 Å². The van der Waals surface area contributed by atoms with E-state index in [9.17, 15) is 9.90 Å². The number of amides is 1. The third-order valence-electron chi connectivity index (χ3n) is 3.08. The highest BCUT2D eigenvalue weighted by Crippen LogP contribution is 2.13. The summed E-state index contributed by atoms with van der Waals surface area (Å²) in [6.07, 6.45) is 0.481. The van der Waals surface area contributed by atoms with Gasteiger partial charge in [0.2, 0.25) is 5.91 Å². The van der Waals surface area contributed by atoms with Crippen molar-refractivity contribution in [2.45, 2.75) is 52.2 Å². The van der Waals surface area contributed by atoms with Crippen molar-refractivity contribution in [3.05, 3.63) is 29.8 Å². The van der Waals surface area contributed by atoms with E-state index >= 15 is 0 Å². The fourth-order valence-corrected chi connectivity index (χ4v) is 2.27. The Labute approximate surface area is 128 Å². The number of benzene rings is 1. The molecule has 0 radical (unpaired) electrons. The number of rotatable bonds is 5. The van der Waals surface area contributed by atoms with Gasteiger partial charge in [0.25, 0.3) is 0 Å². The molecule has 1 aromatic rings. The third kappa shape index (κ3) is 5.06. The quantitative estimate of drug-likeness (QED) is 0.874. The third-order valence-corrected chi connectivity index (χ3v) is 3.08. The van der Waals surface area contributed by atoms with Crippen molar-refractivity contribution in [3.8, 4) is 5.75 Å². The Hall–Kier alpha value is -1.20. The molecule has 0 saturated heterocycles. The van der Waals surface area contributed by atoms with Crippen LogP contribution in [0.25, 0.3) is 0 Å². The van der Waals surface area contributed by atoms with Gasteiger partial charge in [0.15, 0.2) is 0 Å². The number of nitrogens with two attached hydrogens (primary N) is 1. The SMILES string of the molecule is CC(C)N(C(=O)[C@@H](N)Cc1ccc(O)cc1)C(C)C.S. The largest absolute Gasteiger partial charge is 0.508 e. The lowest BCUT2D eigenvalue weighted by Gasteiger charge is -2.33. The highest BCUT2D eigenvalue weighted by molar-refractivity contribution is 7.59. The van der Waals surface area contributed by atoms with E-state index in [1.807, 2.05) is 32.6 Å². The molecule has 4 nitrogen and oxygen atoms in total. The molecule has 0 heterocycles. The number of aromatic hydroxyl groups is 1. The van der Waals surface area contributed by atoms with Gasteiger partial charge < -0.3 is 15.7 Å². The average Bonchev–Trinajstić information content (AvgIpc) is 2.31. The number of carbonyl (C=O) groups excluding carboxylic acids is 1. The Morgan fingerprint density at radius 3 is 2.00 bits per heavy atom. The van der Waals surface area contributed by atoms with Crippen LogP contribution in [-0.2, 0) is 11.2 Å². The average molecular weight is 298 g/mol. The molecule has 3 N–H and O–H groups in total. The summed E-state index contributed by atoms with van der Waals surface area (Å²) in [4.78, 5) is 14.2. The normalized spacial score (nSPS) is 12.2. The highest BCUT2D eigenvalue weighted by Gasteiger charge is 2.25. The summed E-state index contributed by atoms with van der Waals surface area (Å²) >= 11 is 0. The van der Waals surface area contributed by atoms with Gasteiger partial charge in [-0.2, -0.15) is 13.5 Å². The molecule has 1 rings (SSSR count). The first-order chi connectivity index (χ1) is 8.82. The summed E-state index contributed by atoms with van der Waals surface area (Å²) in [5.41, 5.74) is 6.96. The molecule has 0 bridgehead atoms. The van der Waals surface area contributed by atoms with Crippen molar-refractivity contribution < 1.29 is 9.90 Å². The van der Waals surface area contributed by atoms with Crippen molar-refractivity contribution in [1.82, 2.24) is 4.90 Å². The summed E-state index contributed by atoms with van der Waals surface area (Å²) in [7, 11) is 0. The molecule has 1 atom stereocenters. The van der Waals surface area contributed by atoms with Crippen LogP contribution < -0.4 is 5.73 Å². The minimum atomic E-state index is -0.547. The zero-order chi connectivity index (χ0) is 14.6. The topological polar surface area (TPSA) is 66.6 Å². The van der Waals surface area contributed by atoms with Gasteiger partial charge in [-0.1, -0.05) is 12.1 Å². The van der Waals surface area contributed by atoms with Crippen molar-refractivity contribution in [1.29, 1.82) is 0 Å². The van der Waals surface area contributed by atoms with E-state index < -0.39 is 6.04 Å². The van der Waals surface area contributed by atoms with Crippen LogP contribution in [0.15, 0.2) is 24.3 Å². The summed E-state index contributed by atoms with van der Waals surface area (Å²) in [6, 6.07) is 6.52. The summed E-state index contributed by atoms with van der Waals surface area (Å²) in [5, 5.41) is 9.23. The summed E-state index contributed by atoms with van der Waals surface area (Å²) < 4.78 is 0. The minimum absolute atomic E-state index is 0. The Kier molecular flexibility index (Phi) is 7.68. The zero-order valence-corrected chi connectivity index (χ0v) is 13.6. The maximum atomic E-state index is 12.3. The molecule has 0 aliphatic carbocycles. The first-order valence-electron chi connectivity index (χ1n) is 6.68. The molecule has 0 aliphatic heterocycles. The Bertz CT molecular complexity index is 410. The summed E-state index contributed by atoms with van der Waals surface area (Å²) in [5.74, 6) is 0.188. The van der Waals surface area contributed by atoms with Crippen LogP contribution in [0.1, 0.15) is 33.3 Å². The molecule has 1 aromatic carbocycles. The van der Waals surface area contributed by atoms with Gasteiger partial charge >= 0.3 is 0 Å². The second kappa shape index (κ2) is 8.17. The van der Waals surface area contributed by atoms with Gasteiger partial charge in [-0.05, 0) is 51.8 Å². The first-order valence-corrected chi connectivity index (χ1v) is 6.68. The number of hydrogen-bond acceptors (Lipinski definition) is 3. The van der Waals surface area contributed by atoms with Crippen molar-refractivity contribution in [3.63, 3.8) is 0 Å². The molecule has 20 heavy (non-hydrogen) atoms. The van der Waals surface area contributed by atoms with Crippen molar-refractivity contribution in [2.75, 3.05) is 0 Å². The van der Waals surface area contributed by atoms with E-state index in [2.05, 4.69) is 0 Å². The first kappa shape index (κ1) is 18.8. The van der Waals surface area contributed by atoms with E-state index in [1.54, 1.807) is 24.3 Å². The second-order valence-corrected chi connectivity index (χ2v) is 5.41. The minimum Gasteiger partial charge on any atom is -0.508 e. The predicted molar refractivity (Wildman–Crippen MR) is 87.3 cm³/mol. The van der Waals surface area contributed by atoms with E-state index in [-0.39, 0.29) is 37.2 Å². The molecular weight excluding hydrogens is 272 g/mol. The van der Waals surface area contributed by atoms with Crippen molar-refractivity contribution in [2.24, 2.45) is 5.73 Å². The lowest BCUT2D eigenvalue weighted by molar-refractivity contribution is -0.136. The molecule has 0 spiro atoms. The number of nitrogens with zero attached hydrogens (tertiary/aromatic N) is 1. The van der Waals surface area contributed by atoms with Gasteiger partial charge in [0.1, 0.15) is 5.75 Å². The number of phenols is 1. The van der Waals surface area contributed by atoms with E-state index in [1.165, 1.54) is 0 Å². The predicted octanol–water partition coefficient (Wildman–Crippen LogP) is 2.02. The van der Waals surface area contributed by atoms with Gasteiger partial charge in [-0.15, -0.1) is 0 Å². The summed E-state index contributed by atoms with van der Waals surface area (Å²) in [6.45, 7) is 7.96. The smallest absolute Gasteiger partial charge is 0.240 e. The monoisotopic (exact) mass is 298 g/mol. The molecule has 114 valence electrons. The van der Waals surface area contributed by atoms with Crippen LogP contribution in [0.5, 0.6) is 5.75 Å². The molecule has 0 saturated carbocycles. The fraction of sp³-hybridized carbons (Fsp3) is 0.533. The highest BCUT2D eigenvalue weighted by atomic mass is 32.1. The standard InChI is InChI=1S/C15H24N2O2.H2S/c1-10(2)17(11(3)4)15(19)14(16)9-12-5-7-13(18)8-6-12;/h5-8,10-11,14,18H,9,16H2,1-4H3;1H2/t14-;/m0./s1. The molecular formula is C15H26N2O2S. The van der Waals surface area contributed by atoms with Crippen LogP contribution in [0.3, 0.4) is 0 Å². The lowest BCUT2D eigenvalue weighted by Crippen LogP contribution is -2.50. The van der Waals surface area contributed by atoms with Crippen LogP contribution in [-0.4, -0.2) is 34.0 Å². The van der Waals surface area contributed by atoms with E-state index in [4.69, 9.17) is 5.73 Å². The van der Waals surface area contributed by atoms with Crippen LogP contribution >= 0.6 is 13.5 Å². The second-order valence-electron chi connectivity index (χ2n) is 5.41. The van der Waals surface area contributed by atoms with E-state index in [0.717, 1.165) is 5.56 Å². The molecule has 0 fully saturated rings. The molecule has 1 amide bonds. The Balaban J connectivity index is 0.00000361. The van der Waals surface area contributed by atoms with E-state index in [0.29, 0.717) is 6.42 Å². The van der Waals surface area contributed by atoms with Crippen LogP contribution in [0.2, 0.25) is 0 Å². The van der Waals surface area contributed by atoms with Gasteiger partial charge in [0.05, 0.1) is 6.04 Å². The number of carbonyl (C=O) groups is 1. The lowest BCUT2D eigenvalue weighted by atomic mass is 10.0.